The first-order valence-corrected chi connectivity index (χ1v) is 14.5. The van der Waals surface area contributed by atoms with Gasteiger partial charge in [0, 0.05) is 35.7 Å². The summed E-state index contributed by atoms with van der Waals surface area (Å²) in [6.07, 6.45) is -1.39. The van der Waals surface area contributed by atoms with Gasteiger partial charge in [-0.1, -0.05) is 40.9 Å². The number of aliphatic carboxylic acids is 1. The number of rotatable bonds is 7. The molecule has 2 N–H and O–H groups in total. The number of alkyl halides is 3. The number of halogens is 6. The molecule has 3 heterocycles. The van der Waals surface area contributed by atoms with Gasteiger partial charge in [0.1, 0.15) is 5.02 Å². The predicted octanol–water partition coefficient (Wildman–Crippen LogP) is 7.03. The molecule has 5 rings (SSSR count). The lowest BCUT2D eigenvalue weighted by atomic mass is 9.65. The van der Waals surface area contributed by atoms with Crippen LogP contribution in [0.3, 0.4) is 0 Å². The van der Waals surface area contributed by atoms with E-state index in [0.29, 0.717) is 53.4 Å². The molecular weight excluding hydrogens is 590 g/mol. The molecule has 1 aromatic heterocycles. The van der Waals surface area contributed by atoms with E-state index in [-0.39, 0.29) is 17.8 Å². The number of piperidine rings is 1. The lowest BCUT2D eigenvalue weighted by molar-refractivity contribution is -0.158. The van der Waals surface area contributed by atoms with Crippen molar-refractivity contribution in [3.8, 4) is 0 Å². The Labute approximate surface area is 246 Å². The summed E-state index contributed by atoms with van der Waals surface area (Å²) in [5.74, 6) is -0.191. The number of benzene rings is 1. The largest absolute Gasteiger partial charge is 0.481 e. The lowest BCUT2D eigenvalue weighted by Gasteiger charge is -2.52. The number of aromatic nitrogens is 2. The summed E-state index contributed by atoms with van der Waals surface area (Å²) < 4.78 is 41.7. The van der Waals surface area contributed by atoms with Crippen LogP contribution in [0, 0.1) is 17.3 Å². The third-order valence-corrected chi connectivity index (χ3v) is 9.56. The summed E-state index contributed by atoms with van der Waals surface area (Å²) >= 11 is 18.4. The van der Waals surface area contributed by atoms with Crippen molar-refractivity contribution in [2.75, 3.05) is 36.4 Å². The molecule has 0 bridgehead atoms. The Morgan fingerprint density at radius 1 is 1.15 bits per heavy atom. The molecule has 1 aliphatic carbocycles. The van der Waals surface area contributed by atoms with Crippen LogP contribution in [0.5, 0.6) is 0 Å². The Morgan fingerprint density at radius 3 is 2.48 bits per heavy atom. The zero-order chi connectivity index (χ0) is 29.0. The summed E-state index contributed by atoms with van der Waals surface area (Å²) in [6.45, 7) is 6.47. The molecule has 7 nitrogen and oxygen atoms in total. The highest BCUT2D eigenvalue weighted by molar-refractivity contribution is 6.35. The molecule has 2 saturated heterocycles. The van der Waals surface area contributed by atoms with E-state index in [1.165, 1.54) is 0 Å². The molecule has 13 heteroatoms. The van der Waals surface area contributed by atoms with Crippen LogP contribution in [0.2, 0.25) is 15.1 Å². The zero-order valence-electron chi connectivity index (χ0n) is 22.1. The van der Waals surface area contributed by atoms with Gasteiger partial charge in [0.2, 0.25) is 5.95 Å². The molecule has 3 aliphatic rings. The Bertz CT molecular complexity index is 1280. The van der Waals surface area contributed by atoms with Crippen molar-refractivity contribution in [3.05, 3.63) is 44.5 Å². The van der Waals surface area contributed by atoms with E-state index >= 15 is 0 Å². The second-order valence-corrected chi connectivity index (χ2v) is 12.8. The maximum absolute atomic E-state index is 13.9. The summed E-state index contributed by atoms with van der Waals surface area (Å²) in [6, 6.07) is 4.68. The van der Waals surface area contributed by atoms with E-state index in [0.717, 1.165) is 25.9 Å². The number of anilines is 2. The van der Waals surface area contributed by atoms with Gasteiger partial charge in [0.15, 0.2) is 11.5 Å². The number of carboxylic acids is 1. The summed E-state index contributed by atoms with van der Waals surface area (Å²) in [4.78, 5) is 23.9. The fourth-order valence-electron chi connectivity index (χ4n) is 6.14. The molecule has 0 radical (unpaired) electrons. The van der Waals surface area contributed by atoms with Gasteiger partial charge >= 0.3 is 12.1 Å². The third kappa shape index (κ3) is 5.82. The van der Waals surface area contributed by atoms with Crippen LogP contribution in [0.4, 0.5) is 24.9 Å². The Kier molecular flexibility index (Phi) is 8.11. The second-order valence-electron chi connectivity index (χ2n) is 11.6. The SMILES string of the molecule is C[C@@H](Nc1nc(N2CC([C@H]3CCCN(C4CC(C)(C(=O)O)C4)C3)C2)nc(C(F)(F)F)c1Cl)c1ccc(Cl)cc1Cl. The second kappa shape index (κ2) is 11.0. The molecule has 2 aliphatic heterocycles. The normalized spacial score (nSPS) is 26.6. The standard InChI is InChI=1S/C27H31Cl3F3N5O2/c1-14(19-6-5-17(28)8-20(19)29)34-23-21(30)22(27(31,32)33)35-25(36-23)38-12-16(13-38)15-4-3-7-37(11-15)18-9-26(2,10-18)24(39)40/h5-6,8,14-16,18H,3-4,7,9-13H2,1-2H3,(H,39,40)(H,34,35,36)/t14-,15+,18?,26?/m1/s1. The van der Waals surface area contributed by atoms with Crippen LogP contribution < -0.4 is 10.2 Å². The van der Waals surface area contributed by atoms with Crippen molar-refractivity contribution in [3.63, 3.8) is 0 Å². The Balaban J connectivity index is 1.28. The van der Waals surface area contributed by atoms with Gasteiger partial charge in [-0.25, -0.2) is 4.98 Å². The van der Waals surface area contributed by atoms with E-state index < -0.39 is 34.3 Å². The number of hydrogen-bond acceptors (Lipinski definition) is 6. The number of carboxylic acid groups (broad SMARTS) is 1. The summed E-state index contributed by atoms with van der Waals surface area (Å²) in [5.41, 5.74) is -1.19. The number of likely N-dealkylation sites (tertiary alicyclic amines) is 1. The maximum Gasteiger partial charge on any atom is 0.435 e. The van der Waals surface area contributed by atoms with E-state index in [1.54, 1.807) is 36.9 Å². The molecule has 3 fully saturated rings. The van der Waals surface area contributed by atoms with E-state index in [9.17, 15) is 23.1 Å². The van der Waals surface area contributed by atoms with Crippen LogP contribution in [0.15, 0.2) is 18.2 Å². The molecule has 2 atom stereocenters. The van der Waals surface area contributed by atoms with Gasteiger partial charge in [-0.15, -0.1) is 0 Å². The molecule has 40 heavy (non-hydrogen) atoms. The molecule has 1 aromatic carbocycles. The monoisotopic (exact) mass is 619 g/mol. The smallest absolute Gasteiger partial charge is 0.435 e. The van der Waals surface area contributed by atoms with Crippen molar-refractivity contribution in [1.29, 1.82) is 0 Å². The zero-order valence-corrected chi connectivity index (χ0v) is 24.4. The van der Waals surface area contributed by atoms with Gasteiger partial charge in [-0.05, 0) is 75.6 Å². The molecule has 0 spiro atoms. The van der Waals surface area contributed by atoms with Gasteiger partial charge < -0.3 is 20.2 Å². The highest BCUT2D eigenvalue weighted by Gasteiger charge is 2.50. The van der Waals surface area contributed by atoms with E-state index in [4.69, 9.17) is 34.8 Å². The lowest BCUT2D eigenvalue weighted by Crippen LogP contribution is -2.58. The van der Waals surface area contributed by atoms with Gasteiger partial charge in [0.05, 0.1) is 11.5 Å². The molecule has 2 aromatic rings. The topological polar surface area (TPSA) is 81.6 Å². The maximum atomic E-state index is 13.9. The third-order valence-electron chi connectivity index (χ3n) is 8.64. The highest BCUT2D eigenvalue weighted by Crippen LogP contribution is 2.46. The quantitative estimate of drug-likeness (QED) is 0.344. The van der Waals surface area contributed by atoms with Crippen molar-refractivity contribution in [1.82, 2.24) is 14.9 Å². The van der Waals surface area contributed by atoms with E-state index in [1.807, 2.05) is 0 Å². The van der Waals surface area contributed by atoms with Crippen molar-refractivity contribution < 1.29 is 23.1 Å². The van der Waals surface area contributed by atoms with Crippen LogP contribution >= 0.6 is 34.8 Å². The average molecular weight is 621 g/mol. The first kappa shape index (κ1) is 29.5. The number of nitrogens with one attached hydrogen (secondary N) is 1. The number of hydrogen-bond donors (Lipinski definition) is 2. The number of nitrogens with zero attached hydrogens (tertiary/aromatic N) is 4. The molecule has 0 unspecified atom stereocenters. The van der Waals surface area contributed by atoms with Crippen molar-refractivity contribution in [2.24, 2.45) is 17.3 Å². The Hall–Kier alpha value is -2.01. The summed E-state index contributed by atoms with van der Waals surface area (Å²) in [5, 5.41) is 12.6. The van der Waals surface area contributed by atoms with Crippen LogP contribution in [0.1, 0.15) is 56.8 Å². The minimum atomic E-state index is -4.76. The Morgan fingerprint density at radius 2 is 1.85 bits per heavy atom. The van der Waals surface area contributed by atoms with Crippen LogP contribution in [-0.2, 0) is 11.0 Å². The van der Waals surface area contributed by atoms with Crippen molar-refractivity contribution in [2.45, 2.75) is 57.8 Å². The molecule has 218 valence electrons. The number of carbonyl (C=O) groups is 1. The van der Waals surface area contributed by atoms with E-state index in [2.05, 4.69) is 20.2 Å². The molecule has 1 saturated carbocycles. The predicted molar refractivity (Wildman–Crippen MR) is 149 cm³/mol. The first-order chi connectivity index (χ1) is 18.7. The molecule has 0 amide bonds. The van der Waals surface area contributed by atoms with Gasteiger partial charge in [-0.3, -0.25) is 4.79 Å². The molecular formula is C27H31Cl3F3N5O2. The minimum absolute atomic E-state index is 0.0197. The van der Waals surface area contributed by atoms with Crippen molar-refractivity contribution >= 4 is 52.5 Å². The van der Waals surface area contributed by atoms with Crippen LogP contribution in [-0.4, -0.2) is 58.2 Å². The average Bonchev–Trinajstić information content (AvgIpc) is 2.82. The van der Waals surface area contributed by atoms with Gasteiger partial charge in [-0.2, -0.15) is 18.2 Å². The van der Waals surface area contributed by atoms with Gasteiger partial charge in [0.25, 0.3) is 0 Å². The highest BCUT2D eigenvalue weighted by atomic mass is 35.5. The fraction of sp³-hybridized carbons (Fsp3) is 0.593. The van der Waals surface area contributed by atoms with Crippen LogP contribution in [0.25, 0.3) is 0 Å². The fourth-order valence-corrected chi connectivity index (χ4v) is 6.96. The minimum Gasteiger partial charge on any atom is -0.481 e. The summed E-state index contributed by atoms with van der Waals surface area (Å²) in [7, 11) is 0. The first-order valence-electron chi connectivity index (χ1n) is 13.3.